The molecule has 0 aromatic heterocycles. The lowest BCUT2D eigenvalue weighted by atomic mass is 9.89. The van der Waals surface area contributed by atoms with Crippen LogP contribution < -0.4 is 5.32 Å². The first-order chi connectivity index (χ1) is 8.31. The number of nitrogens with one attached hydrogen (secondary N) is 1. The minimum atomic E-state index is 0.664. The minimum absolute atomic E-state index is 0.664. The molecule has 1 aliphatic rings. The molecule has 17 heavy (non-hydrogen) atoms. The third kappa shape index (κ3) is 3.30. The largest absolute Gasteiger partial charge is 0.315 e. The molecule has 0 radical (unpaired) electrons. The predicted molar refractivity (Wildman–Crippen MR) is 73.0 cm³/mol. The van der Waals surface area contributed by atoms with E-state index in [1.54, 1.807) is 0 Å². The topological polar surface area (TPSA) is 15.3 Å². The summed E-state index contributed by atoms with van der Waals surface area (Å²) in [5.74, 6) is 0. The Bertz CT molecular complexity index is 323. The van der Waals surface area contributed by atoms with Crippen LogP contribution in [0.3, 0.4) is 0 Å². The van der Waals surface area contributed by atoms with Gasteiger partial charge in [-0.15, -0.1) is 0 Å². The van der Waals surface area contributed by atoms with Gasteiger partial charge in [-0.3, -0.25) is 4.90 Å². The molecule has 0 unspecified atom stereocenters. The summed E-state index contributed by atoms with van der Waals surface area (Å²) >= 11 is 0. The monoisotopic (exact) mass is 232 g/mol. The van der Waals surface area contributed by atoms with Crippen LogP contribution in [0.2, 0.25) is 0 Å². The quantitative estimate of drug-likeness (QED) is 0.858. The number of hydrogen-bond acceptors (Lipinski definition) is 2. The molecule has 1 aliphatic carbocycles. The van der Waals surface area contributed by atoms with Gasteiger partial charge < -0.3 is 5.32 Å². The van der Waals surface area contributed by atoms with Gasteiger partial charge >= 0.3 is 0 Å². The van der Waals surface area contributed by atoms with Crippen molar-refractivity contribution in [3.63, 3.8) is 0 Å². The van der Waals surface area contributed by atoms with Crippen LogP contribution in [0.1, 0.15) is 31.2 Å². The van der Waals surface area contributed by atoms with Crippen molar-refractivity contribution in [2.45, 2.75) is 44.3 Å². The van der Waals surface area contributed by atoms with Gasteiger partial charge in [-0.2, -0.15) is 0 Å². The fourth-order valence-corrected chi connectivity index (χ4v) is 2.96. The van der Waals surface area contributed by atoms with Crippen LogP contribution in [-0.4, -0.2) is 31.1 Å². The van der Waals surface area contributed by atoms with Crippen LogP contribution in [0, 0.1) is 0 Å². The van der Waals surface area contributed by atoms with E-state index in [2.05, 4.69) is 54.6 Å². The van der Waals surface area contributed by atoms with Gasteiger partial charge in [0.05, 0.1) is 0 Å². The zero-order valence-corrected chi connectivity index (χ0v) is 11.0. The average molecular weight is 232 g/mol. The van der Waals surface area contributed by atoms with Crippen LogP contribution in [0.4, 0.5) is 0 Å². The molecule has 1 fully saturated rings. The number of likely N-dealkylation sites (N-methyl/N-ethyl adjacent to an activating group) is 2. The van der Waals surface area contributed by atoms with Crippen LogP contribution in [0.25, 0.3) is 0 Å². The molecule has 1 aromatic carbocycles. The Morgan fingerprint density at radius 3 is 2.59 bits per heavy atom. The fraction of sp³-hybridized carbons (Fsp3) is 0.600. The molecule has 0 saturated heterocycles. The standard InChI is InChI=1S/C15H24N2/c1-16-14-10-6-7-11-15(14)17(2)12-13-8-4-3-5-9-13/h3-5,8-9,14-16H,6-7,10-12H2,1-2H3/t14-,15+/m0/s1. The molecule has 2 rings (SSSR count). The van der Waals surface area contributed by atoms with Gasteiger partial charge in [0.1, 0.15) is 0 Å². The molecule has 2 atom stereocenters. The maximum atomic E-state index is 3.48. The SMILES string of the molecule is CN[C@H]1CCCC[C@H]1N(C)Cc1ccccc1. The highest BCUT2D eigenvalue weighted by atomic mass is 15.2. The van der Waals surface area contributed by atoms with Crippen molar-refractivity contribution in [2.24, 2.45) is 0 Å². The van der Waals surface area contributed by atoms with E-state index in [0.29, 0.717) is 12.1 Å². The first kappa shape index (κ1) is 12.6. The maximum absolute atomic E-state index is 3.48. The zero-order valence-electron chi connectivity index (χ0n) is 11.0. The molecule has 2 heteroatoms. The molecule has 1 saturated carbocycles. The van der Waals surface area contributed by atoms with E-state index >= 15 is 0 Å². The molecule has 2 nitrogen and oxygen atoms in total. The van der Waals surface area contributed by atoms with Crippen LogP contribution in [-0.2, 0) is 6.54 Å². The van der Waals surface area contributed by atoms with E-state index in [4.69, 9.17) is 0 Å². The van der Waals surface area contributed by atoms with Crippen molar-refractivity contribution < 1.29 is 0 Å². The Kier molecular flexibility index (Phi) is 4.57. The van der Waals surface area contributed by atoms with Gasteiger partial charge in [-0.25, -0.2) is 0 Å². The number of nitrogens with zero attached hydrogens (tertiary/aromatic N) is 1. The van der Waals surface area contributed by atoms with E-state index in [9.17, 15) is 0 Å². The second-order valence-electron chi connectivity index (χ2n) is 5.15. The first-order valence-electron chi connectivity index (χ1n) is 6.72. The van der Waals surface area contributed by atoms with Crippen molar-refractivity contribution in [3.05, 3.63) is 35.9 Å². The van der Waals surface area contributed by atoms with Gasteiger partial charge in [0.25, 0.3) is 0 Å². The van der Waals surface area contributed by atoms with Gasteiger partial charge in [0.15, 0.2) is 0 Å². The van der Waals surface area contributed by atoms with Gasteiger partial charge in [-0.05, 0) is 32.5 Å². The Balaban J connectivity index is 1.96. The number of benzene rings is 1. The van der Waals surface area contributed by atoms with E-state index in [1.807, 2.05) is 0 Å². The van der Waals surface area contributed by atoms with Crippen LogP contribution in [0.15, 0.2) is 30.3 Å². The maximum Gasteiger partial charge on any atom is 0.0249 e. The van der Waals surface area contributed by atoms with Crippen molar-refractivity contribution in [2.75, 3.05) is 14.1 Å². The molecule has 0 aliphatic heterocycles. The predicted octanol–water partition coefficient (Wildman–Crippen LogP) is 2.65. The highest BCUT2D eigenvalue weighted by Gasteiger charge is 2.26. The molecular weight excluding hydrogens is 208 g/mol. The van der Waals surface area contributed by atoms with Crippen molar-refractivity contribution in [1.82, 2.24) is 10.2 Å². The fourth-order valence-electron chi connectivity index (χ4n) is 2.96. The summed E-state index contributed by atoms with van der Waals surface area (Å²) in [4.78, 5) is 2.51. The minimum Gasteiger partial charge on any atom is -0.315 e. The lowest BCUT2D eigenvalue weighted by molar-refractivity contribution is 0.147. The smallest absolute Gasteiger partial charge is 0.0249 e. The summed E-state index contributed by atoms with van der Waals surface area (Å²) < 4.78 is 0. The Morgan fingerprint density at radius 2 is 1.88 bits per heavy atom. The normalized spacial score (nSPS) is 25.1. The second-order valence-corrected chi connectivity index (χ2v) is 5.15. The third-order valence-electron chi connectivity index (χ3n) is 3.94. The van der Waals surface area contributed by atoms with Crippen molar-refractivity contribution in [1.29, 1.82) is 0 Å². The van der Waals surface area contributed by atoms with Gasteiger partial charge in [0, 0.05) is 18.6 Å². The van der Waals surface area contributed by atoms with E-state index < -0.39 is 0 Å². The summed E-state index contributed by atoms with van der Waals surface area (Å²) in [5, 5.41) is 3.48. The molecule has 1 aromatic rings. The van der Waals surface area contributed by atoms with Gasteiger partial charge in [0.2, 0.25) is 0 Å². The second kappa shape index (κ2) is 6.18. The molecule has 1 N–H and O–H groups in total. The summed E-state index contributed by atoms with van der Waals surface area (Å²) in [6, 6.07) is 12.1. The van der Waals surface area contributed by atoms with Crippen molar-refractivity contribution >= 4 is 0 Å². The van der Waals surface area contributed by atoms with Crippen LogP contribution >= 0.6 is 0 Å². The highest BCUT2D eigenvalue weighted by Crippen LogP contribution is 2.23. The van der Waals surface area contributed by atoms with Crippen LogP contribution in [0.5, 0.6) is 0 Å². The Hall–Kier alpha value is -0.860. The summed E-state index contributed by atoms with van der Waals surface area (Å²) in [6.45, 7) is 1.06. The molecule has 0 spiro atoms. The Labute approximate surface area is 105 Å². The summed E-state index contributed by atoms with van der Waals surface area (Å²) in [6.07, 6.45) is 5.40. The van der Waals surface area contributed by atoms with Crippen molar-refractivity contribution in [3.8, 4) is 0 Å². The summed E-state index contributed by atoms with van der Waals surface area (Å²) in [7, 11) is 4.35. The molecule has 0 bridgehead atoms. The van der Waals surface area contributed by atoms with E-state index in [0.717, 1.165) is 6.54 Å². The lowest BCUT2D eigenvalue weighted by Gasteiger charge is -2.38. The van der Waals surface area contributed by atoms with Gasteiger partial charge in [-0.1, -0.05) is 43.2 Å². The van der Waals surface area contributed by atoms with E-state index in [1.165, 1.54) is 31.2 Å². The first-order valence-corrected chi connectivity index (χ1v) is 6.72. The lowest BCUT2D eigenvalue weighted by Crippen LogP contribution is -2.48. The third-order valence-corrected chi connectivity index (χ3v) is 3.94. The molecule has 0 amide bonds. The zero-order chi connectivity index (χ0) is 12.1. The average Bonchev–Trinajstić information content (AvgIpc) is 2.40. The Morgan fingerprint density at radius 1 is 1.18 bits per heavy atom. The number of rotatable bonds is 4. The molecule has 0 heterocycles. The molecule has 94 valence electrons. The summed E-state index contributed by atoms with van der Waals surface area (Å²) in [5.41, 5.74) is 1.41. The van der Waals surface area contributed by atoms with E-state index in [-0.39, 0.29) is 0 Å². The molecular formula is C15H24N2. The highest BCUT2D eigenvalue weighted by molar-refractivity contribution is 5.14. The number of hydrogen-bond donors (Lipinski definition) is 1.